The van der Waals surface area contributed by atoms with E-state index >= 15 is 0 Å². The van der Waals surface area contributed by atoms with Gasteiger partial charge in [0.15, 0.2) is 0 Å². The van der Waals surface area contributed by atoms with Crippen LogP contribution in [0.4, 0.5) is 0 Å². The number of nitrogens with zero attached hydrogens (tertiary/aromatic N) is 3. The normalized spacial score (nSPS) is 13.9. The lowest BCUT2D eigenvalue weighted by atomic mass is 10.4. The van der Waals surface area contributed by atoms with E-state index < -0.39 is 7.37 Å². The zero-order valence-electron chi connectivity index (χ0n) is 11.4. The first kappa shape index (κ1) is 16.4. The van der Waals surface area contributed by atoms with Crippen molar-refractivity contribution in [3.63, 3.8) is 0 Å². The number of hydrogen-bond acceptors (Lipinski definition) is 5. The Morgan fingerprint density at radius 3 is 2.29 bits per heavy atom. The van der Waals surface area contributed by atoms with E-state index in [1.54, 1.807) is 24.3 Å². The summed E-state index contributed by atoms with van der Waals surface area (Å²) >= 11 is 11.6. The number of unbranched alkanes of at least 4 members (excludes halogenated alkanes) is 1. The number of halogens is 2. The molecule has 2 rings (SSSR count). The summed E-state index contributed by atoms with van der Waals surface area (Å²) < 4.78 is 18.9. The molecule has 1 unspecified atom stereocenters. The molecule has 1 heterocycles. The van der Waals surface area contributed by atoms with Gasteiger partial charge >= 0.3 is 0 Å². The van der Waals surface area contributed by atoms with Crippen molar-refractivity contribution in [1.29, 1.82) is 0 Å². The number of benzene rings is 1. The van der Waals surface area contributed by atoms with Gasteiger partial charge in [0.2, 0.25) is 16.1 Å². The highest BCUT2D eigenvalue weighted by atomic mass is 35.5. The quantitative estimate of drug-likeness (QED) is 0.594. The van der Waals surface area contributed by atoms with Crippen molar-refractivity contribution in [2.45, 2.75) is 19.8 Å². The minimum absolute atomic E-state index is 0.0326. The summed E-state index contributed by atoms with van der Waals surface area (Å²) in [4.78, 5) is 11.5. The summed E-state index contributed by atoms with van der Waals surface area (Å²) in [6, 6.07) is 8.79. The molecule has 0 aliphatic heterocycles. The van der Waals surface area contributed by atoms with Crippen molar-refractivity contribution in [3.05, 3.63) is 40.9 Å². The Bertz CT molecular complexity index is 635. The largest absolute Gasteiger partial charge is 0.320 e. The van der Waals surface area contributed by atoms with Crippen molar-refractivity contribution < 1.29 is 9.09 Å². The predicted octanol–water partition coefficient (Wildman–Crippen LogP) is 3.22. The van der Waals surface area contributed by atoms with Crippen molar-refractivity contribution in [2.24, 2.45) is 0 Å². The molecule has 1 atom stereocenters. The van der Waals surface area contributed by atoms with Crippen LogP contribution >= 0.6 is 30.6 Å². The lowest BCUT2D eigenvalue weighted by Gasteiger charge is -2.17. The van der Waals surface area contributed by atoms with Crippen molar-refractivity contribution in [2.75, 3.05) is 6.61 Å². The van der Waals surface area contributed by atoms with Crippen molar-refractivity contribution in [1.82, 2.24) is 15.0 Å². The molecule has 1 aromatic carbocycles. The SMILES string of the molecule is CCCCOP(=O)(c1ccccc1)c1nc(Cl)nc(Cl)n1. The molecule has 0 radical (unpaired) electrons. The second kappa shape index (κ2) is 7.32. The molecule has 21 heavy (non-hydrogen) atoms. The molecule has 0 spiro atoms. The molecule has 0 aliphatic carbocycles. The van der Waals surface area contributed by atoms with Crippen LogP contribution in [0.2, 0.25) is 10.6 Å². The van der Waals surface area contributed by atoms with E-state index in [2.05, 4.69) is 15.0 Å². The van der Waals surface area contributed by atoms with Crippen LogP contribution in [-0.2, 0) is 9.09 Å². The maximum Gasteiger partial charge on any atom is 0.297 e. The Hall–Kier alpha value is -1.00. The third kappa shape index (κ3) is 4.01. The molecular weight excluding hydrogens is 332 g/mol. The Morgan fingerprint density at radius 1 is 1.10 bits per heavy atom. The number of aromatic nitrogens is 3. The van der Waals surface area contributed by atoms with Gasteiger partial charge in [-0.15, -0.1) is 0 Å². The van der Waals surface area contributed by atoms with Crippen molar-refractivity contribution in [3.8, 4) is 0 Å². The maximum absolute atomic E-state index is 13.3. The standard InChI is InChI=1S/C13H14Cl2N3O2P/c1-2-3-9-20-21(19,10-7-5-4-6-8-10)13-17-11(14)16-12(15)18-13/h4-8H,2-3,9H2,1H3. The third-order valence-corrected chi connectivity index (χ3v) is 5.29. The maximum atomic E-state index is 13.3. The Kier molecular flexibility index (Phi) is 5.71. The fourth-order valence-electron chi connectivity index (χ4n) is 1.66. The molecule has 0 saturated heterocycles. The lowest BCUT2D eigenvalue weighted by molar-refractivity contribution is 0.317. The topological polar surface area (TPSA) is 65.0 Å². The average molecular weight is 346 g/mol. The van der Waals surface area contributed by atoms with Gasteiger partial charge in [-0.3, -0.25) is 4.57 Å². The first-order chi connectivity index (χ1) is 10.1. The second-order valence-corrected chi connectivity index (χ2v) is 7.20. The molecule has 8 heteroatoms. The molecule has 0 aliphatic rings. The smallest absolute Gasteiger partial charge is 0.297 e. The fraction of sp³-hybridized carbons (Fsp3) is 0.308. The van der Waals surface area contributed by atoms with E-state index in [1.165, 1.54) is 0 Å². The molecule has 0 fully saturated rings. The molecule has 112 valence electrons. The van der Waals surface area contributed by atoms with Gasteiger partial charge in [-0.1, -0.05) is 31.5 Å². The van der Waals surface area contributed by atoms with E-state index in [0.717, 1.165) is 12.8 Å². The van der Waals surface area contributed by atoms with E-state index in [9.17, 15) is 4.57 Å². The Balaban J connectivity index is 2.47. The first-order valence-corrected chi connectivity index (χ1v) is 8.82. The summed E-state index contributed by atoms with van der Waals surface area (Å²) in [5.41, 5.74) is -0.0326. The van der Waals surface area contributed by atoms with Crippen LogP contribution < -0.4 is 10.9 Å². The molecular formula is C13H14Cl2N3O2P. The van der Waals surface area contributed by atoms with Gasteiger partial charge in [0, 0.05) is 5.30 Å². The van der Waals surface area contributed by atoms with Crippen LogP contribution in [-0.4, -0.2) is 21.6 Å². The summed E-state index contributed by atoms with van der Waals surface area (Å²) in [6.07, 6.45) is 1.71. The van der Waals surface area contributed by atoms with E-state index in [4.69, 9.17) is 27.7 Å². The Morgan fingerprint density at radius 2 is 1.71 bits per heavy atom. The summed E-state index contributed by atoms with van der Waals surface area (Å²) in [7, 11) is -3.44. The number of hydrogen-bond donors (Lipinski definition) is 0. The molecule has 0 N–H and O–H groups in total. The van der Waals surface area contributed by atoms with Crippen LogP contribution in [0.5, 0.6) is 0 Å². The lowest BCUT2D eigenvalue weighted by Crippen LogP contribution is -2.25. The highest BCUT2D eigenvalue weighted by Crippen LogP contribution is 2.43. The zero-order chi connectivity index (χ0) is 15.3. The van der Waals surface area contributed by atoms with Gasteiger partial charge in [-0.25, -0.2) is 0 Å². The predicted molar refractivity (Wildman–Crippen MR) is 84.0 cm³/mol. The highest BCUT2D eigenvalue weighted by Gasteiger charge is 2.33. The van der Waals surface area contributed by atoms with E-state index in [1.807, 2.05) is 13.0 Å². The van der Waals surface area contributed by atoms with Crippen LogP contribution in [0.1, 0.15) is 19.8 Å². The Labute approximate surface area is 133 Å². The number of rotatable bonds is 6. The molecule has 2 aromatic rings. The minimum Gasteiger partial charge on any atom is -0.320 e. The zero-order valence-corrected chi connectivity index (χ0v) is 13.8. The van der Waals surface area contributed by atoms with Gasteiger partial charge in [-0.2, -0.15) is 15.0 Å². The molecule has 5 nitrogen and oxygen atoms in total. The third-order valence-electron chi connectivity index (χ3n) is 2.70. The second-order valence-electron chi connectivity index (χ2n) is 4.25. The van der Waals surface area contributed by atoms with Crippen LogP contribution in [0.15, 0.2) is 30.3 Å². The van der Waals surface area contributed by atoms with E-state index in [-0.39, 0.29) is 16.1 Å². The minimum atomic E-state index is -3.44. The van der Waals surface area contributed by atoms with Gasteiger partial charge in [0.1, 0.15) is 0 Å². The molecule has 0 bridgehead atoms. The highest BCUT2D eigenvalue weighted by molar-refractivity contribution is 7.73. The van der Waals surface area contributed by atoms with Crippen LogP contribution in [0.3, 0.4) is 0 Å². The van der Waals surface area contributed by atoms with Gasteiger partial charge in [0.05, 0.1) is 6.61 Å². The molecule has 0 amide bonds. The monoisotopic (exact) mass is 345 g/mol. The van der Waals surface area contributed by atoms with Gasteiger partial charge < -0.3 is 4.52 Å². The molecule has 0 saturated carbocycles. The summed E-state index contributed by atoms with van der Waals surface area (Å²) in [6.45, 7) is 2.36. The first-order valence-electron chi connectivity index (χ1n) is 6.44. The summed E-state index contributed by atoms with van der Waals surface area (Å²) in [5.74, 6) is 0. The van der Waals surface area contributed by atoms with Crippen LogP contribution in [0.25, 0.3) is 0 Å². The van der Waals surface area contributed by atoms with Gasteiger partial charge in [-0.05, 0) is 41.8 Å². The fourth-order valence-corrected chi connectivity index (χ4v) is 4.04. The summed E-state index contributed by atoms with van der Waals surface area (Å²) in [5, 5.41) is 0.278. The average Bonchev–Trinajstić information content (AvgIpc) is 2.47. The van der Waals surface area contributed by atoms with Crippen molar-refractivity contribution >= 4 is 41.4 Å². The van der Waals surface area contributed by atoms with Gasteiger partial charge in [0.25, 0.3) is 7.37 Å². The van der Waals surface area contributed by atoms with E-state index in [0.29, 0.717) is 11.9 Å². The van der Waals surface area contributed by atoms with Crippen LogP contribution in [0, 0.1) is 0 Å². The molecule has 1 aromatic heterocycles.